The number of rotatable bonds is 5. The Bertz CT molecular complexity index is 620. The van der Waals surface area contributed by atoms with Crippen LogP contribution < -0.4 is 5.32 Å². The van der Waals surface area contributed by atoms with Crippen LogP contribution in [0.15, 0.2) is 29.0 Å². The summed E-state index contributed by atoms with van der Waals surface area (Å²) in [6.07, 6.45) is 3.22. The van der Waals surface area contributed by atoms with E-state index in [4.69, 9.17) is 9.52 Å². The first-order valence-electron chi connectivity index (χ1n) is 6.02. The normalized spacial score (nSPS) is 13.7. The average Bonchev–Trinajstić information content (AvgIpc) is 3.08. The van der Waals surface area contributed by atoms with E-state index in [0.717, 1.165) is 11.3 Å². The van der Waals surface area contributed by atoms with E-state index < -0.39 is 17.4 Å². The number of furan rings is 1. The molecule has 0 saturated carbocycles. The number of carboxylic acid groups (broad SMARTS) is 1. The van der Waals surface area contributed by atoms with Gasteiger partial charge in [-0.05, 0) is 25.5 Å². The van der Waals surface area contributed by atoms with Gasteiger partial charge in [0.25, 0.3) is 5.91 Å². The maximum absolute atomic E-state index is 12.1. The van der Waals surface area contributed by atoms with E-state index in [1.165, 1.54) is 19.4 Å². The van der Waals surface area contributed by atoms with Crippen LogP contribution in [-0.4, -0.2) is 27.5 Å². The predicted octanol–water partition coefficient (Wildman–Crippen LogP) is 2.39. The van der Waals surface area contributed by atoms with E-state index in [-0.39, 0.29) is 6.42 Å². The molecule has 2 N–H and O–H groups in total. The Morgan fingerprint density at radius 3 is 2.85 bits per heavy atom. The summed E-state index contributed by atoms with van der Waals surface area (Å²) in [5, 5.41) is 12.2. The number of nitrogens with one attached hydrogen (secondary N) is 1. The molecule has 0 aromatic carbocycles. The largest absolute Gasteiger partial charge is 0.480 e. The van der Waals surface area contributed by atoms with Crippen molar-refractivity contribution in [2.24, 2.45) is 0 Å². The molecule has 7 heteroatoms. The summed E-state index contributed by atoms with van der Waals surface area (Å²) in [5.74, 6) is -0.943. The van der Waals surface area contributed by atoms with Gasteiger partial charge in [0.15, 0.2) is 10.8 Å². The summed E-state index contributed by atoms with van der Waals surface area (Å²) in [4.78, 5) is 27.7. The van der Waals surface area contributed by atoms with E-state index in [0.29, 0.717) is 15.6 Å². The molecular formula is C13H14N2O4S. The first kappa shape index (κ1) is 14.3. The molecular weight excluding hydrogens is 280 g/mol. The first-order chi connectivity index (χ1) is 9.46. The Morgan fingerprint density at radius 2 is 2.30 bits per heavy atom. The van der Waals surface area contributed by atoms with E-state index >= 15 is 0 Å². The molecule has 106 valence electrons. The predicted molar refractivity (Wildman–Crippen MR) is 73.6 cm³/mol. The molecule has 2 aromatic rings. The van der Waals surface area contributed by atoms with Crippen LogP contribution in [0.1, 0.15) is 29.9 Å². The minimum atomic E-state index is -1.29. The van der Waals surface area contributed by atoms with Crippen molar-refractivity contribution >= 4 is 23.2 Å². The Kier molecular flexibility index (Phi) is 3.89. The van der Waals surface area contributed by atoms with Gasteiger partial charge < -0.3 is 14.8 Å². The second-order valence-electron chi connectivity index (χ2n) is 4.45. The van der Waals surface area contributed by atoms with Gasteiger partial charge in [-0.1, -0.05) is 6.92 Å². The highest BCUT2D eigenvalue weighted by Crippen LogP contribution is 2.25. The van der Waals surface area contributed by atoms with Gasteiger partial charge >= 0.3 is 5.97 Å². The van der Waals surface area contributed by atoms with Gasteiger partial charge in [-0.15, -0.1) is 11.3 Å². The van der Waals surface area contributed by atoms with E-state index in [2.05, 4.69) is 10.3 Å². The summed E-state index contributed by atoms with van der Waals surface area (Å²) in [5.41, 5.74) is -1.29. The molecule has 0 aliphatic carbocycles. The lowest BCUT2D eigenvalue weighted by molar-refractivity contribution is -0.143. The van der Waals surface area contributed by atoms with E-state index in [1.54, 1.807) is 19.1 Å². The lowest BCUT2D eigenvalue weighted by atomic mass is 9.99. The van der Waals surface area contributed by atoms with Crippen LogP contribution in [0.3, 0.4) is 0 Å². The van der Waals surface area contributed by atoms with E-state index in [1.807, 2.05) is 0 Å². The lowest BCUT2D eigenvalue weighted by Gasteiger charge is -2.23. The van der Waals surface area contributed by atoms with Crippen molar-refractivity contribution in [3.05, 3.63) is 29.5 Å². The molecule has 6 nitrogen and oxygen atoms in total. The fourth-order valence-electron chi connectivity index (χ4n) is 1.50. The van der Waals surface area contributed by atoms with Gasteiger partial charge in [0.05, 0.1) is 12.5 Å². The zero-order valence-electron chi connectivity index (χ0n) is 11.0. The van der Waals surface area contributed by atoms with E-state index in [9.17, 15) is 9.59 Å². The molecule has 0 spiro atoms. The minimum absolute atomic E-state index is 0.290. The third-order valence-electron chi connectivity index (χ3n) is 3.03. The van der Waals surface area contributed by atoms with Crippen molar-refractivity contribution < 1.29 is 19.1 Å². The van der Waals surface area contributed by atoms with Gasteiger partial charge in [-0.2, -0.15) is 0 Å². The fraction of sp³-hybridized carbons (Fsp3) is 0.308. The third kappa shape index (κ3) is 2.72. The number of amides is 1. The first-order valence-corrected chi connectivity index (χ1v) is 6.83. The minimum Gasteiger partial charge on any atom is -0.480 e. The zero-order valence-corrected chi connectivity index (χ0v) is 11.9. The summed E-state index contributed by atoms with van der Waals surface area (Å²) < 4.78 is 5.20. The second kappa shape index (κ2) is 5.46. The van der Waals surface area contributed by atoms with Crippen molar-refractivity contribution in [1.29, 1.82) is 0 Å². The van der Waals surface area contributed by atoms with Crippen LogP contribution >= 0.6 is 11.3 Å². The Morgan fingerprint density at radius 1 is 1.55 bits per heavy atom. The van der Waals surface area contributed by atoms with Gasteiger partial charge in [-0.25, -0.2) is 9.78 Å². The number of carbonyl (C=O) groups is 2. The number of carboxylic acids is 1. The van der Waals surface area contributed by atoms with Crippen molar-refractivity contribution in [2.45, 2.75) is 25.8 Å². The summed E-state index contributed by atoms with van der Waals surface area (Å²) in [7, 11) is 0. The maximum atomic E-state index is 12.1. The Balaban J connectivity index is 2.16. The van der Waals surface area contributed by atoms with Crippen LogP contribution in [0, 0.1) is 0 Å². The molecule has 0 aliphatic heterocycles. The topological polar surface area (TPSA) is 92.4 Å². The number of aromatic nitrogens is 1. The van der Waals surface area contributed by atoms with Crippen LogP contribution in [0.2, 0.25) is 0 Å². The molecule has 0 fully saturated rings. The Hall–Kier alpha value is -2.15. The highest BCUT2D eigenvalue weighted by atomic mass is 32.1. The number of carbonyl (C=O) groups excluding carboxylic acids is 1. The van der Waals surface area contributed by atoms with Crippen LogP contribution in [0.5, 0.6) is 0 Å². The molecule has 1 amide bonds. The quantitative estimate of drug-likeness (QED) is 0.883. The van der Waals surface area contributed by atoms with Crippen molar-refractivity contribution in [2.75, 3.05) is 0 Å². The molecule has 0 bridgehead atoms. The molecule has 0 radical (unpaired) electrons. The van der Waals surface area contributed by atoms with Gasteiger partial charge in [0.1, 0.15) is 10.4 Å². The molecule has 0 saturated heterocycles. The molecule has 2 rings (SSSR count). The van der Waals surface area contributed by atoms with Crippen molar-refractivity contribution in [3.63, 3.8) is 0 Å². The smallest absolute Gasteiger partial charge is 0.329 e. The summed E-state index contributed by atoms with van der Waals surface area (Å²) in [6, 6.07) is 3.48. The highest BCUT2D eigenvalue weighted by molar-refractivity contribution is 7.16. The van der Waals surface area contributed by atoms with Crippen molar-refractivity contribution in [3.8, 4) is 10.8 Å². The lowest BCUT2D eigenvalue weighted by Crippen LogP contribution is -2.51. The molecule has 2 aromatic heterocycles. The molecule has 0 aliphatic rings. The molecule has 1 unspecified atom stereocenters. The molecule has 1 atom stereocenters. The zero-order chi connectivity index (χ0) is 14.8. The second-order valence-corrected chi connectivity index (χ2v) is 5.48. The summed E-state index contributed by atoms with van der Waals surface area (Å²) >= 11 is 1.15. The number of aliphatic carboxylic acids is 1. The number of hydrogen-bond donors (Lipinski definition) is 2. The van der Waals surface area contributed by atoms with Gasteiger partial charge in [0, 0.05) is 0 Å². The highest BCUT2D eigenvalue weighted by Gasteiger charge is 2.33. The molecule has 2 heterocycles. The third-order valence-corrected chi connectivity index (χ3v) is 4.04. The number of thiazole rings is 1. The summed E-state index contributed by atoms with van der Waals surface area (Å²) in [6.45, 7) is 3.18. The van der Waals surface area contributed by atoms with Crippen molar-refractivity contribution in [1.82, 2.24) is 10.3 Å². The molecule has 20 heavy (non-hydrogen) atoms. The number of hydrogen-bond acceptors (Lipinski definition) is 5. The standard InChI is InChI=1S/C13H14N2O4S/c1-3-13(2,12(17)18)15-10(16)9-7-14-11(20-9)8-5-4-6-19-8/h4-7H,3H2,1-2H3,(H,15,16)(H,17,18). The number of nitrogens with zero attached hydrogens (tertiary/aromatic N) is 1. The fourth-order valence-corrected chi connectivity index (χ4v) is 2.28. The monoisotopic (exact) mass is 294 g/mol. The van der Waals surface area contributed by atoms with Crippen LogP contribution in [0.4, 0.5) is 0 Å². The van der Waals surface area contributed by atoms with Gasteiger partial charge in [0.2, 0.25) is 0 Å². The SMILES string of the molecule is CCC(C)(NC(=O)c1cnc(-c2ccco2)s1)C(=O)O. The van der Waals surface area contributed by atoms with Crippen LogP contribution in [-0.2, 0) is 4.79 Å². The average molecular weight is 294 g/mol. The van der Waals surface area contributed by atoms with Gasteiger partial charge in [-0.3, -0.25) is 4.79 Å². The maximum Gasteiger partial charge on any atom is 0.329 e. The van der Waals surface area contributed by atoms with Crippen LogP contribution in [0.25, 0.3) is 10.8 Å². The Labute approximate surface area is 119 Å².